The van der Waals surface area contributed by atoms with Gasteiger partial charge in [0, 0.05) is 12.8 Å². The molecule has 0 aliphatic rings. The van der Waals surface area contributed by atoms with Crippen molar-refractivity contribution in [1.29, 1.82) is 0 Å². The molecule has 1 aromatic heterocycles. The van der Waals surface area contributed by atoms with Gasteiger partial charge in [0.15, 0.2) is 0 Å². The first-order valence-corrected chi connectivity index (χ1v) is 6.01. The van der Waals surface area contributed by atoms with Gasteiger partial charge in [-0.1, -0.05) is 13.8 Å². The summed E-state index contributed by atoms with van der Waals surface area (Å²) in [5.74, 6) is 0. The SMILES string of the molecule is CCCOCC(NCC)c1cc(C)ccn1. The molecule has 1 aromatic rings. The predicted molar refractivity (Wildman–Crippen MR) is 66.5 cm³/mol. The highest BCUT2D eigenvalue weighted by Gasteiger charge is 2.11. The maximum Gasteiger partial charge on any atom is 0.0732 e. The Morgan fingerprint density at radius 1 is 1.44 bits per heavy atom. The van der Waals surface area contributed by atoms with Crippen LogP contribution in [-0.2, 0) is 4.74 Å². The van der Waals surface area contributed by atoms with Gasteiger partial charge in [-0.05, 0) is 37.6 Å². The second-order valence-corrected chi connectivity index (χ2v) is 3.94. The predicted octanol–water partition coefficient (Wildman–Crippen LogP) is 2.47. The molecular formula is C13H22N2O. The molecule has 3 nitrogen and oxygen atoms in total. The van der Waals surface area contributed by atoms with E-state index in [0.717, 1.165) is 25.3 Å². The van der Waals surface area contributed by atoms with Crippen molar-refractivity contribution in [3.63, 3.8) is 0 Å². The zero-order chi connectivity index (χ0) is 11.8. The molecule has 0 amide bonds. The highest BCUT2D eigenvalue weighted by Crippen LogP contribution is 2.12. The van der Waals surface area contributed by atoms with E-state index in [9.17, 15) is 0 Å². The molecule has 0 saturated carbocycles. The lowest BCUT2D eigenvalue weighted by molar-refractivity contribution is 0.111. The number of likely N-dealkylation sites (N-methyl/N-ethyl adjacent to an activating group) is 1. The van der Waals surface area contributed by atoms with E-state index in [-0.39, 0.29) is 6.04 Å². The quantitative estimate of drug-likeness (QED) is 0.720. The molecule has 90 valence electrons. The van der Waals surface area contributed by atoms with Crippen molar-refractivity contribution in [1.82, 2.24) is 10.3 Å². The Labute approximate surface area is 98.2 Å². The summed E-state index contributed by atoms with van der Waals surface area (Å²) in [4.78, 5) is 4.39. The van der Waals surface area contributed by atoms with E-state index in [1.54, 1.807) is 0 Å². The number of nitrogens with zero attached hydrogens (tertiary/aromatic N) is 1. The van der Waals surface area contributed by atoms with Crippen molar-refractivity contribution in [2.24, 2.45) is 0 Å². The fourth-order valence-electron chi connectivity index (χ4n) is 1.59. The van der Waals surface area contributed by atoms with Crippen LogP contribution in [0.15, 0.2) is 18.3 Å². The van der Waals surface area contributed by atoms with Crippen LogP contribution in [0.1, 0.15) is 37.6 Å². The van der Waals surface area contributed by atoms with E-state index in [0.29, 0.717) is 6.61 Å². The van der Waals surface area contributed by atoms with Crippen molar-refractivity contribution >= 4 is 0 Å². The lowest BCUT2D eigenvalue weighted by atomic mass is 10.1. The monoisotopic (exact) mass is 222 g/mol. The summed E-state index contributed by atoms with van der Waals surface area (Å²) in [6.07, 6.45) is 2.91. The third-order valence-corrected chi connectivity index (χ3v) is 2.38. The molecule has 0 aliphatic carbocycles. The van der Waals surface area contributed by atoms with Gasteiger partial charge in [0.25, 0.3) is 0 Å². The maximum atomic E-state index is 5.59. The molecule has 0 fully saturated rings. The minimum Gasteiger partial charge on any atom is -0.379 e. The summed E-state index contributed by atoms with van der Waals surface area (Å²) < 4.78 is 5.59. The molecule has 0 aromatic carbocycles. The number of ether oxygens (including phenoxy) is 1. The summed E-state index contributed by atoms with van der Waals surface area (Å²) in [5, 5.41) is 3.40. The summed E-state index contributed by atoms with van der Waals surface area (Å²) in [7, 11) is 0. The Kier molecular flexibility index (Phi) is 6.04. The minimum absolute atomic E-state index is 0.205. The van der Waals surface area contributed by atoms with E-state index in [4.69, 9.17) is 4.74 Å². The van der Waals surface area contributed by atoms with E-state index in [1.807, 2.05) is 12.3 Å². The van der Waals surface area contributed by atoms with Crippen LogP contribution >= 0.6 is 0 Å². The molecule has 1 N–H and O–H groups in total. The van der Waals surface area contributed by atoms with Gasteiger partial charge in [-0.25, -0.2) is 0 Å². The van der Waals surface area contributed by atoms with Gasteiger partial charge in [0.05, 0.1) is 18.3 Å². The maximum absolute atomic E-state index is 5.59. The third kappa shape index (κ3) is 4.29. The highest BCUT2D eigenvalue weighted by atomic mass is 16.5. The van der Waals surface area contributed by atoms with E-state index in [1.165, 1.54) is 5.56 Å². The van der Waals surface area contributed by atoms with Crippen LogP contribution in [0.2, 0.25) is 0 Å². The highest BCUT2D eigenvalue weighted by molar-refractivity contribution is 5.17. The Balaban J connectivity index is 2.61. The van der Waals surface area contributed by atoms with Gasteiger partial charge in [0.1, 0.15) is 0 Å². The number of rotatable bonds is 7. The number of pyridine rings is 1. The largest absolute Gasteiger partial charge is 0.379 e. The molecular weight excluding hydrogens is 200 g/mol. The van der Waals surface area contributed by atoms with Gasteiger partial charge >= 0.3 is 0 Å². The summed E-state index contributed by atoms with van der Waals surface area (Å²) in [5.41, 5.74) is 2.31. The molecule has 1 rings (SSSR count). The number of aryl methyl sites for hydroxylation is 1. The van der Waals surface area contributed by atoms with Gasteiger partial charge in [-0.3, -0.25) is 4.98 Å². The fourth-order valence-corrected chi connectivity index (χ4v) is 1.59. The average Bonchev–Trinajstić information content (AvgIpc) is 2.28. The standard InChI is InChI=1S/C13H22N2O/c1-4-8-16-10-13(14-5-2)12-9-11(3)6-7-15-12/h6-7,9,13-14H,4-5,8,10H2,1-3H3. The first kappa shape index (κ1) is 13.1. The zero-order valence-electron chi connectivity index (χ0n) is 10.5. The lowest BCUT2D eigenvalue weighted by Gasteiger charge is -2.17. The Morgan fingerprint density at radius 3 is 2.88 bits per heavy atom. The van der Waals surface area contributed by atoms with Gasteiger partial charge < -0.3 is 10.1 Å². The van der Waals surface area contributed by atoms with Gasteiger partial charge in [0.2, 0.25) is 0 Å². The zero-order valence-corrected chi connectivity index (χ0v) is 10.5. The lowest BCUT2D eigenvalue weighted by Crippen LogP contribution is -2.26. The van der Waals surface area contributed by atoms with Crippen molar-refractivity contribution in [2.75, 3.05) is 19.8 Å². The minimum atomic E-state index is 0.205. The van der Waals surface area contributed by atoms with Crippen LogP contribution in [0.3, 0.4) is 0 Å². The molecule has 0 bridgehead atoms. The molecule has 0 saturated heterocycles. The topological polar surface area (TPSA) is 34.1 Å². The summed E-state index contributed by atoms with van der Waals surface area (Å²) >= 11 is 0. The normalized spacial score (nSPS) is 12.7. The van der Waals surface area contributed by atoms with Crippen LogP contribution < -0.4 is 5.32 Å². The fraction of sp³-hybridized carbons (Fsp3) is 0.615. The van der Waals surface area contributed by atoms with E-state index < -0.39 is 0 Å². The Morgan fingerprint density at radius 2 is 2.25 bits per heavy atom. The first-order valence-electron chi connectivity index (χ1n) is 6.01. The smallest absolute Gasteiger partial charge is 0.0732 e. The van der Waals surface area contributed by atoms with Crippen molar-refractivity contribution in [2.45, 2.75) is 33.2 Å². The molecule has 0 aliphatic heterocycles. The Hall–Kier alpha value is -0.930. The van der Waals surface area contributed by atoms with E-state index >= 15 is 0 Å². The molecule has 1 unspecified atom stereocenters. The summed E-state index contributed by atoms with van der Waals surface area (Å²) in [6, 6.07) is 4.33. The van der Waals surface area contributed by atoms with Gasteiger partial charge in [-0.2, -0.15) is 0 Å². The second-order valence-electron chi connectivity index (χ2n) is 3.94. The summed E-state index contributed by atoms with van der Waals surface area (Å²) in [6.45, 7) is 8.73. The van der Waals surface area contributed by atoms with Crippen molar-refractivity contribution < 1.29 is 4.74 Å². The van der Waals surface area contributed by atoms with Crippen LogP contribution in [0.5, 0.6) is 0 Å². The number of aromatic nitrogens is 1. The van der Waals surface area contributed by atoms with Crippen LogP contribution in [-0.4, -0.2) is 24.7 Å². The number of hydrogen-bond donors (Lipinski definition) is 1. The Bertz CT molecular complexity index is 302. The molecule has 16 heavy (non-hydrogen) atoms. The number of nitrogens with one attached hydrogen (secondary N) is 1. The molecule has 1 atom stereocenters. The van der Waals surface area contributed by atoms with Crippen LogP contribution in [0.4, 0.5) is 0 Å². The average molecular weight is 222 g/mol. The molecule has 3 heteroatoms. The van der Waals surface area contributed by atoms with Crippen molar-refractivity contribution in [3.8, 4) is 0 Å². The molecule has 0 spiro atoms. The van der Waals surface area contributed by atoms with Crippen molar-refractivity contribution in [3.05, 3.63) is 29.6 Å². The molecule has 0 radical (unpaired) electrons. The van der Waals surface area contributed by atoms with Crippen LogP contribution in [0.25, 0.3) is 0 Å². The third-order valence-electron chi connectivity index (χ3n) is 2.38. The number of hydrogen-bond acceptors (Lipinski definition) is 3. The second kappa shape index (κ2) is 7.36. The van der Waals surface area contributed by atoms with Crippen LogP contribution in [0, 0.1) is 6.92 Å². The molecule has 1 heterocycles. The van der Waals surface area contributed by atoms with E-state index in [2.05, 4.69) is 37.1 Å². The first-order chi connectivity index (χ1) is 7.77. The van der Waals surface area contributed by atoms with Gasteiger partial charge in [-0.15, -0.1) is 0 Å².